The molecule has 3 aromatic carbocycles. The number of anilines is 3. The third kappa shape index (κ3) is 4.26. The lowest BCUT2D eigenvalue weighted by Gasteiger charge is -2.15. The number of rotatable bonds is 5. The Morgan fingerprint density at radius 3 is 2.19 bits per heavy atom. The molecule has 0 saturated heterocycles. The molecule has 6 nitrogen and oxygen atoms in total. The van der Waals surface area contributed by atoms with Gasteiger partial charge in [-0.2, -0.15) is 0 Å². The molecule has 0 aromatic heterocycles. The van der Waals surface area contributed by atoms with Crippen molar-refractivity contribution in [2.75, 3.05) is 15.5 Å². The number of para-hydroxylation sites is 1. The molecule has 160 valence electrons. The summed E-state index contributed by atoms with van der Waals surface area (Å²) in [5.41, 5.74) is 4.04. The van der Waals surface area contributed by atoms with E-state index in [0.29, 0.717) is 22.6 Å². The molecule has 4 rings (SSSR count). The minimum atomic E-state index is -0.603. The van der Waals surface area contributed by atoms with Gasteiger partial charge in [-0.25, -0.2) is 4.90 Å². The number of imide groups is 1. The molecule has 1 aliphatic heterocycles. The Labute approximate surface area is 190 Å². The Morgan fingerprint density at radius 1 is 0.812 bits per heavy atom. The molecule has 2 N–H and O–H groups in total. The second-order valence-corrected chi connectivity index (χ2v) is 7.88. The van der Waals surface area contributed by atoms with Crippen LogP contribution in [0.25, 0.3) is 0 Å². The highest BCUT2D eigenvalue weighted by atomic mass is 35.5. The number of hydrogen-bond donors (Lipinski definition) is 2. The Bertz CT molecular complexity index is 1250. The molecule has 0 unspecified atom stereocenters. The van der Waals surface area contributed by atoms with Gasteiger partial charge in [-0.05, 0) is 67.4 Å². The van der Waals surface area contributed by atoms with E-state index >= 15 is 0 Å². The highest BCUT2D eigenvalue weighted by Gasteiger charge is 2.38. The fraction of sp³-hybridized carbons (Fsp3) is 0.0800. The van der Waals surface area contributed by atoms with Gasteiger partial charge in [-0.1, -0.05) is 41.9 Å². The third-order valence-electron chi connectivity index (χ3n) is 4.92. The summed E-state index contributed by atoms with van der Waals surface area (Å²) in [6.07, 6.45) is 0. The fourth-order valence-electron chi connectivity index (χ4n) is 3.56. The molecule has 1 aliphatic rings. The van der Waals surface area contributed by atoms with Gasteiger partial charge in [-0.15, -0.1) is 0 Å². The molecule has 0 bridgehead atoms. The molecule has 32 heavy (non-hydrogen) atoms. The number of hydrogen-bond acceptors (Lipinski definition) is 4. The quantitative estimate of drug-likeness (QED) is 0.542. The van der Waals surface area contributed by atoms with E-state index in [0.717, 1.165) is 16.0 Å². The molecule has 3 amide bonds. The van der Waals surface area contributed by atoms with E-state index in [1.54, 1.807) is 54.6 Å². The number of benzene rings is 3. The molecule has 0 spiro atoms. The van der Waals surface area contributed by atoms with Crippen molar-refractivity contribution in [3.05, 3.63) is 100 Å². The maximum atomic E-state index is 12.9. The average molecular weight is 446 g/mol. The number of nitrogens with zero attached hydrogens (tertiary/aromatic N) is 1. The second kappa shape index (κ2) is 8.69. The first-order chi connectivity index (χ1) is 15.3. The predicted molar refractivity (Wildman–Crippen MR) is 126 cm³/mol. The number of amides is 3. The van der Waals surface area contributed by atoms with Crippen LogP contribution in [0, 0.1) is 13.8 Å². The average Bonchev–Trinajstić information content (AvgIpc) is 2.97. The number of halogens is 1. The summed E-state index contributed by atoms with van der Waals surface area (Å²) in [5.74, 6) is -1.45. The molecular weight excluding hydrogens is 426 g/mol. The lowest BCUT2D eigenvalue weighted by molar-refractivity contribution is -0.120. The van der Waals surface area contributed by atoms with Crippen molar-refractivity contribution in [3.63, 3.8) is 0 Å². The van der Waals surface area contributed by atoms with E-state index in [-0.39, 0.29) is 16.6 Å². The van der Waals surface area contributed by atoms with Gasteiger partial charge >= 0.3 is 0 Å². The predicted octanol–water partition coefficient (Wildman–Crippen LogP) is 4.99. The molecule has 3 aromatic rings. The summed E-state index contributed by atoms with van der Waals surface area (Å²) >= 11 is 6.18. The zero-order chi connectivity index (χ0) is 22.8. The van der Waals surface area contributed by atoms with Crippen molar-refractivity contribution in [2.24, 2.45) is 0 Å². The van der Waals surface area contributed by atoms with Crippen molar-refractivity contribution in [1.82, 2.24) is 0 Å². The van der Waals surface area contributed by atoms with Crippen LogP contribution in [-0.4, -0.2) is 17.7 Å². The van der Waals surface area contributed by atoms with Gasteiger partial charge in [0.1, 0.15) is 10.7 Å². The van der Waals surface area contributed by atoms with Crippen LogP contribution in [-0.2, 0) is 9.59 Å². The van der Waals surface area contributed by atoms with Crippen LogP contribution in [0.15, 0.2) is 83.5 Å². The van der Waals surface area contributed by atoms with Gasteiger partial charge in [0, 0.05) is 16.9 Å². The van der Waals surface area contributed by atoms with Gasteiger partial charge in [0.05, 0.1) is 5.69 Å². The van der Waals surface area contributed by atoms with Crippen LogP contribution in [0.5, 0.6) is 0 Å². The van der Waals surface area contributed by atoms with Crippen LogP contribution in [0.4, 0.5) is 17.1 Å². The van der Waals surface area contributed by atoms with Crippen molar-refractivity contribution in [3.8, 4) is 0 Å². The number of carbonyl (C=O) groups is 3. The van der Waals surface area contributed by atoms with Crippen molar-refractivity contribution < 1.29 is 14.4 Å². The van der Waals surface area contributed by atoms with Crippen LogP contribution < -0.4 is 15.5 Å². The first-order valence-electron chi connectivity index (χ1n) is 9.94. The topological polar surface area (TPSA) is 78.5 Å². The maximum Gasteiger partial charge on any atom is 0.283 e. The van der Waals surface area contributed by atoms with E-state index in [2.05, 4.69) is 10.6 Å². The minimum absolute atomic E-state index is 0.0348. The molecule has 1 heterocycles. The lowest BCUT2D eigenvalue weighted by atomic mass is 10.1. The molecule has 7 heteroatoms. The maximum absolute atomic E-state index is 12.9. The molecule has 0 saturated carbocycles. The highest BCUT2D eigenvalue weighted by Crippen LogP contribution is 2.30. The molecule has 0 aliphatic carbocycles. The van der Waals surface area contributed by atoms with Gasteiger partial charge in [0.15, 0.2) is 0 Å². The molecule has 0 fully saturated rings. The normalized spacial score (nSPS) is 13.5. The Kier molecular flexibility index (Phi) is 5.79. The summed E-state index contributed by atoms with van der Waals surface area (Å²) in [7, 11) is 0. The Morgan fingerprint density at radius 2 is 1.50 bits per heavy atom. The molecule has 0 radical (unpaired) electrons. The standard InChI is InChI=1S/C25H20ClN3O3/c1-15-11-16(2)13-19(12-15)28-23(30)17-7-6-8-18(14-17)27-22-21(26)24(31)29(25(22)32)20-9-4-3-5-10-20/h3-14,27H,1-2H3,(H,28,30). The Balaban J connectivity index is 1.54. The zero-order valence-electron chi connectivity index (χ0n) is 17.5. The van der Waals surface area contributed by atoms with Gasteiger partial charge < -0.3 is 10.6 Å². The smallest absolute Gasteiger partial charge is 0.283 e. The monoisotopic (exact) mass is 445 g/mol. The van der Waals surface area contributed by atoms with Crippen molar-refractivity contribution in [1.29, 1.82) is 0 Å². The first kappa shape index (κ1) is 21.3. The SMILES string of the molecule is Cc1cc(C)cc(NC(=O)c2cccc(NC3=C(Cl)C(=O)N(c4ccccc4)C3=O)c2)c1. The van der Waals surface area contributed by atoms with Crippen molar-refractivity contribution in [2.45, 2.75) is 13.8 Å². The molecule has 0 atom stereocenters. The van der Waals surface area contributed by atoms with Crippen molar-refractivity contribution >= 4 is 46.4 Å². The van der Waals surface area contributed by atoms with E-state index in [1.807, 2.05) is 32.0 Å². The van der Waals surface area contributed by atoms with Crippen LogP contribution in [0.1, 0.15) is 21.5 Å². The zero-order valence-corrected chi connectivity index (χ0v) is 18.2. The number of nitrogens with one attached hydrogen (secondary N) is 2. The molecular formula is C25H20ClN3O3. The van der Waals surface area contributed by atoms with E-state index < -0.39 is 11.8 Å². The fourth-order valence-corrected chi connectivity index (χ4v) is 3.77. The summed E-state index contributed by atoms with van der Waals surface area (Å²) in [4.78, 5) is 39.2. The third-order valence-corrected chi connectivity index (χ3v) is 5.27. The lowest BCUT2D eigenvalue weighted by Crippen LogP contribution is -2.32. The summed E-state index contributed by atoms with van der Waals surface area (Å²) < 4.78 is 0. The summed E-state index contributed by atoms with van der Waals surface area (Å²) in [6, 6.07) is 21.0. The second-order valence-electron chi connectivity index (χ2n) is 7.51. The van der Waals surface area contributed by atoms with Gasteiger partial charge in [-0.3, -0.25) is 14.4 Å². The van der Waals surface area contributed by atoms with Gasteiger partial charge in [0.25, 0.3) is 17.7 Å². The van der Waals surface area contributed by atoms with Crippen LogP contribution in [0.2, 0.25) is 0 Å². The number of aryl methyl sites for hydroxylation is 2. The first-order valence-corrected chi connectivity index (χ1v) is 10.3. The summed E-state index contributed by atoms with van der Waals surface area (Å²) in [6.45, 7) is 3.92. The Hall–Kier alpha value is -3.90. The van der Waals surface area contributed by atoms with Gasteiger partial charge in [0.2, 0.25) is 0 Å². The largest absolute Gasteiger partial charge is 0.350 e. The number of carbonyl (C=O) groups excluding carboxylic acids is 3. The van der Waals surface area contributed by atoms with E-state index in [4.69, 9.17) is 11.6 Å². The van der Waals surface area contributed by atoms with Crippen LogP contribution in [0.3, 0.4) is 0 Å². The van der Waals surface area contributed by atoms with E-state index in [9.17, 15) is 14.4 Å². The minimum Gasteiger partial charge on any atom is -0.350 e. The van der Waals surface area contributed by atoms with Crippen LogP contribution >= 0.6 is 11.6 Å². The highest BCUT2D eigenvalue weighted by molar-refractivity contribution is 6.53. The summed E-state index contributed by atoms with van der Waals surface area (Å²) in [5, 5.41) is 5.58. The van der Waals surface area contributed by atoms with E-state index in [1.165, 1.54) is 0 Å².